The van der Waals surface area contributed by atoms with E-state index >= 15 is 0 Å². The fourth-order valence-electron chi connectivity index (χ4n) is 1.82. The van der Waals surface area contributed by atoms with Crippen molar-refractivity contribution in [2.75, 3.05) is 0 Å². The molecule has 0 amide bonds. The van der Waals surface area contributed by atoms with E-state index in [2.05, 4.69) is 15.0 Å². The van der Waals surface area contributed by atoms with E-state index in [1.807, 2.05) is 11.5 Å². The normalized spacial score (nSPS) is 10.9. The van der Waals surface area contributed by atoms with Crippen LogP contribution in [0.1, 0.15) is 6.92 Å². The Morgan fingerprint density at radius 2 is 2.00 bits per heavy atom. The van der Waals surface area contributed by atoms with Crippen LogP contribution in [0.2, 0.25) is 10.0 Å². The van der Waals surface area contributed by atoms with Gasteiger partial charge in [0.15, 0.2) is 11.2 Å². The third-order valence-corrected chi connectivity index (χ3v) is 3.55. The van der Waals surface area contributed by atoms with Gasteiger partial charge in [0.05, 0.1) is 16.4 Å². The number of hydrogen-bond acceptors (Lipinski definition) is 4. The van der Waals surface area contributed by atoms with Crippen molar-refractivity contribution in [3.05, 3.63) is 40.9 Å². The van der Waals surface area contributed by atoms with Crippen molar-refractivity contribution >= 4 is 34.4 Å². The number of nitrogens with zero attached hydrogens (tertiary/aromatic N) is 4. The minimum absolute atomic E-state index is 0.389. The van der Waals surface area contributed by atoms with Gasteiger partial charge in [-0.15, -0.1) is 0 Å². The molecule has 0 bridgehead atoms. The molecule has 0 fully saturated rings. The van der Waals surface area contributed by atoms with Gasteiger partial charge in [-0.1, -0.05) is 23.2 Å². The highest BCUT2D eigenvalue weighted by Gasteiger charge is 2.11. The van der Waals surface area contributed by atoms with Crippen molar-refractivity contribution in [1.82, 2.24) is 19.5 Å². The molecule has 20 heavy (non-hydrogen) atoms. The Morgan fingerprint density at radius 3 is 2.75 bits per heavy atom. The van der Waals surface area contributed by atoms with E-state index in [0.29, 0.717) is 27.2 Å². The summed E-state index contributed by atoms with van der Waals surface area (Å²) in [5.41, 5.74) is 1.35. The summed E-state index contributed by atoms with van der Waals surface area (Å²) in [5, 5.41) is 0.899. The first kappa shape index (κ1) is 13.1. The Kier molecular flexibility index (Phi) is 3.46. The lowest BCUT2D eigenvalue weighted by molar-refractivity contribution is 0.467. The van der Waals surface area contributed by atoms with Gasteiger partial charge in [-0.2, -0.15) is 4.98 Å². The van der Waals surface area contributed by atoms with Crippen LogP contribution >= 0.6 is 23.2 Å². The molecule has 0 saturated heterocycles. The minimum Gasteiger partial charge on any atom is -0.437 e. The molecule has 2 aromatic heterocycles. The van der Waals surface area contributed by atoms with Gasteiger partial charge in [0, 0.05) is 12.6 Å². The molecular formula is C13H10Cl2N4O. The summed E-state index contributed by atoms with van der Waals surface area (Å²) in [6.07, 6.45) is 3.16. The van der Waals surface area contributed by atoms with Crippen molar-refractivity contribution in [3.63, 3.8) is 0 Å². The van der Waals surface area contributed by atoms with Crippen molar-refractivity contribution in [3.8, 4) is 11.6 Å². The smallest absolute Gasteiger partial charge is 0.250 e. The molecule has 0 spiro atoms. The standard InChI is InChI=1S/C13H10Cl2N4O/c1-2-19-7-18-11-12(19)16-6-17-13(11)20-8-3-4-9(14)10(15)5-8/h3-7H,2H2,1H3. The van der Waals surface area contributed by atoms with Crippen molar-refractivity contribution < 1.29 is 4.74 Å². The summed E-state index contributed by atoms with van der Waals surface area (Å²) >= 11 is 11.8. The molecule has 0 N–H and O–H groups in total. The summed E-state index contributed by atoms with van der Waals surface area (Å²) in [5.74, 6) is 0.936. The molecule has 0 unspecified atom stereocenters. The molecule has 3 rings (SSSR count). The van der Waals surface area contributed by atoms with E-state index < -0.39 is 0 Å². The predicted octanol–water partition coefficient (Wildman–Crippen LogP) is 3.95. The maximum atomic E-state index is 5.96. The first-order valence-electron chi connectivity index (χ1n) is 5.97. The molecule has 1 aromatic carbocycles. The second kappa shape index (κ2) is 5.26. The van der Waals surface area contributed by atoms with E-state index in [4.69, 9.17) is 27.9 Å². The first-order chi connectivity index (χ1) is 9.69. The molecule has 2 heterocycles. The number of benzene rings is 1. The number of aromatic nitrogens is 4. The number of ether oxygens (including phenoxy) is 1. The summed E-state index contributed by atoms with van der Waals surface area (Å²) in [6, 6.07) is 5.02. The number of halogens is 2. The molecule has 0 aliphatic carbocycles. The van der Waals surface area contributed by atoms with Crippen LogP contribution in [0.4, 0.5) is 0 Å². The second-order valence-corrected chi connectivity index (χ2v) is 4.87. The molecular weight excluding hydrogens is 299 g/mol. The number of rotatable bonds is 3. The van der Waals surface area contributed by atoms with Crippen LogP contribution in [0.5, 0.6) is 11.6 Å². The van der Waals surface area contributed by atoms with Gasteiger partial charge in [0.25, 0.3) is 5.88 Å². The van der Waals surface area contributed by atoms with Crippen molar-refractivity contribution in [2.45, 2.75) is 13.5 Å². The molecule has 0 atom stereocenters. The molecule has 0 saturated carbocycles. The third-order valence-electron chi connectivity index (χ3n) is 2.81. The molecule has 3 aromatic rings. The highest BCUT2D eigenvalue weighted by Crippen LogP contribution is 2.30. The first-order valence-corrected chi connectivity index (χ1v) is 6.73. The molecule has 5 nitrogen and oxygen atoms in total. The molecule has 102 valence electrons. The SMILES string of the molecule is CCn1cnc2c(Oc3ccc(Cl)c(Cl)c3)ncnc21. The summed E-state index contributed by atoms with van der Waals surface area (Å²) in [7, 11) is 0. The molecule has 0 aliphatic heterocycles. The number of hydrogen-bond donors (Lipinski definition) is 0. The topological polar surface area (TPSA) is 52.8 Å². The maximum absolute atomic E-state index is 5.96. The molecule has 0 radical (unpaired) electrons. The Balaban J connectivity index is 2.02. The van der Waals surface area contributed by atoms with E-state index in [1.54, 1.807) is 24.5 Å². The quantitative estimate of drug-likeness (QED) is 0.735. The zero-order chi connectivity index (χ0) is 14.1. The number of fused-ring (bicyclic) bond motifs is 1. The average Bonchev–Trinajstić information content (AvgIpc) is 2.87. The monoisotopic (exact) mass is 308 g/mol. The van der Waals surface area contributed by atoms with Gasteiger partial charge in [0.2, 0.25) is 0 Å². The Morgan fingerprint density at radius 1 is 1.15 bits per heavy atom. The second-order valence-electron chi connectivity index (χ2n) is 4.06. The van der Waals surface area contributed by atoms with Gasteiger partial charge >= 0.3 is 0 Å². The van der Waals surface area contributed by atoms with Crippen LogP contribution in [-0.2, 0) is 6.54 Å². The van der Waals surface area contributed by atoms with Crippen LogP contribution < -0.4 is 4.74 Å². The van der Waals surface area contributed by atoms with E-state index in [0.717, 1.165) is 12.2 Å². The number of imidazole rings is 1. The zero-order valence-corrected chi connectivity index (χ0v) is 12.1. The Labute approximate surface area is 125 Å². The van der Waals surface area contributed by atoms with E-state index in [1.165, 1.54) is 6.33 Å². The lowest BCUT2D eigenvalue weighted by atomic mass is 10.3. The highest BCUT2D eigenvalue weighted by atomic mass is 35.5. The lowest BCUT2D eigenvalue weighted by Gasteiger charge is -2.06. The van der Waals surface area contributed by atoms with Crippen LogP contribution in [0.25, 0.3) is 11.2 Å². The van der Waals surface area contributed by atoms with Gasteiger partial charge in [-0.3, -0.25) is 0 Å². The third kappa shape index (κ3) is 2.30. The van der Waals surface area contributed by atoms with Gasteiger partial charge in [-0.05, 0) is 19.1 Å². The Hall–Kier alpha value is -1.85. The van der Waals surface area contributed by atoms with Crippen LogP contribution in [0, 0.1) is 0 Å². The van der Waals surface area contributed by atoms with Crippen molar-refractivity contribution in [1.29, 1.82) is 0 Å². The zero-order valence-electron chi connectivity index (χ0n) is 10.5. The van der Waals surface area contributed by atoms with Crippen molar-refractivity contribution in [2.24, 2.45) is 0 Å². The highest BCUT2D eigenvalue weighted by molar-refractivity contribution is 6.42. The minimum atomic E-state index is 0.389. The molecule has 0 aliphatic rings. The average molecular weight is 309 g/mol. The Bertz CT molecular complexity index is 772. The van der Waals surface area contributed by atoms with Gasteiger partial charge in [0.1, 0.15) is 12.1 Å². The van der Waals surface area contributed by atoms with Crippen LogP contribution in [0.15, 0.2) is 30.9 Å². The fraction of sp³-hybridized carbons (Fsp3) is 0.154. The van der Waals surface area contributed by atoms with Crippen LogP contribution in [0.3, 0.4) is 0 Å². The van der Waals surface area contributed by atoms with E-state index in [9.17, 15) is 0 Å². The predicted molar refractivity (Wildman–Crippen MR) is 77.5 cm³/mol. The molecule has 7 heteroatoms. The number of aryl methyl sites for hydroxylation is 1. The van der Waals surface area contributed by atoms with Crippen LogP contribution in [-0.4, -0.2) is 19.5 Å². The van der Waals surface area contributed by atoms with Gasteiger partial charge in [-0.25, -0.2) is 9.97 Å². The lowest BCUT2D eigenvalue weighted by Crippen LogP contribution is -1.95. The van der Waals surface area contributed by atoms with E-state index in [-0.39, 0.29) is 0 Å². The summed E-state index contributed by atoms with van der Waals surface area (Å²) in [4.78, 5) is 12.6. The summed E-state index contributed by atoms with van der Waals surface area (Å²) < 4.78 is 7.63. The van der Waals surface area contributed by atoms with Gasteiger partial charge < -0.3 is 9.30 Å². The largest absolute Gasteiger partial charge is 0.437 e. The maximum Gasteiger partial charge on any atom is 0.250 e. The fourth-order valence-corrected chi connectivity index (χ4v) is 2.11. The summed E-state index contributed by atoms with van der Waals surface area (Å²) in [6.45, 7) is 2.79.